The summed E-state index contributed by atoms with van der Waals surface area (Å²) < 4.78 is 16.3. The Morgan fingerprint density at radius 3 is 2.81 bits per heavy atom. The minimum absolute atomic E-state index is 0.555. The highest BCUT2D eigenvalue weighted by atomic mass is 16.6. The van der Waals surface area contributed by atoms with Crippen LogP contribution in [-0.4, -0.2) is 27.4 Å². The van der Waals surface area contributed by atoms with Crippen molar-refractivity contribution in [3.05, 3.63) is 17.7 Å². The Hall–Kier alpha value is -1.46. The van der Waals surface area contributed by atoms with Crippen molar-refractivity contribution in [3.8, 4) is 17.2 Å². The first-order chi connectivity index (χ1) is 7.85. The minimum Gasteiger partial charge on any atom is -0.493 e. The molecule has 1 heterocycles. The second kappa shape index (κ2) is 5.05. The van der Waals surface area contributed by atoms with Crippen molar-refractivity contribution in [2.45, 2.75) is 6.54 Å². The molecule has 88 valence electrons. The zero-order valence-corrected chi connectivity index (χ0v) is 9.41. The average Bonchev–Trinajstić information content (AvgIpc) is 2.35. The van der Waals surface area contributed by atoms with E-state index < -0.39 is 0 Å². The van der Waals surface area contributed by atoms with Crippen LogP contribution in [0.15, 0.2) is 12.1 Å². The molecule has 0 saturated heterocycles. The zero-order chi connectivity index (χ0) is 11.4. The summed E-state index contributed by atoms with van der Waals surface area (Å²) >= 11 is 0. The van der Waals surface area contributed by atoms with Gasteiger partial charge in [-0.25, -0.2) is 0 Å². The van der Waals surface area contributed by atoms with Gasteiger partial charge in [0.1, 0.15) is 13.2 Å². The lowest BCUT2D eigenvalue weighted by atomic mass is 10.1. The lowest BCUT2D eigenvalue weighted by Crippen LogP contribution is -2.17. The van der Waals surface area contributed by atoms with E-state index in [-0.39, 0.29) is 0 Å². The second-order valence-corrected chi connectivity index (χ2v) is 3.35. The fourth-order valence-corrected chi connectivity index (χ4v) is 1.58. The molecule has 2 rings (SSSR count). The van der Waals surface area contributed by atoms with Gasteiger partial charge in [0.05, 0.1) is 14.2 Å². The summed E-state index contributed by atoms with van der Waals surface area (Å²) in [6.45, 7) is 1.71. The van der Waals surface area contributed by atoms with Crippen LogP contribution in [0.25, 0.3) is 0 Å². The highest BCUT2D eigenvalue weighted by molar-refractivity contribution is 5.54. The zero-order valence-electron chi connectivity index (χ0n) is 9.41. The van der Waals surface area contributed by atoms with E-state index in [0.717, 1.165) is 11.3 Å². The van der Waals surface area contributed by atoms with Gasteiger partial charge >= 0.3 is 0 Å². The summed E-state index contributed by atoms with van der Waals surface area (Å²) in [5.74, 6) is 2.08. The summed E-state index contributed by atoms with van der Waals surface area (Å²) in [6, 6.07) is 3.82. The number of ether oxygens (including phenoxy) is 3. The summed E-state index contributed by atoms with van der Waals surface area (Å²) in [4.78, 5) is 4.80. The molecule has 0 saturated carbocycles. The molecule has 0 aromatic heterocycles. The van der Waals surface area contributed by atoms with Gasteiger partial charge in [-0.1, -0.05) is 0 Å². The minimum atomic E-state index is 0.555. The maximum absolute atomic E-state index is 5.51. The molecule has 0 bridgehead atoms. The molecule has 0 fully saturated rings. The van der Waals surface area contributed by atoms with Gasteiger partial charge < -0.3 is 19.0 Å². The Labute approximate surface area is 94.2 Å². The van der Waals surface area contributed by atoms with E-state index in [1.165, 1.54) is 0 Å². The Morgan fingerprint density at radius 1 is 1.25 bits per heavy atom. The fraction of sp³-hybridized carbons (Fsp3) is 0.455. The summed E-state index contributed by atoms with van der Waals surface area (Å²) in [6.07, 6.45) is 0. The summed E-state index contributed by atoms with van der Waals surface area (Å²) in [5.41, 5.74) is 3.79. The predicted molar refractivity (Wildman–Crippen MR) is 57.8 cm³/mol. The van der Waals surface area contributed by atoms with E-state index >= 15 is 0 Å². The third kappa shape index (κ3) is 2.20. The number of rotatable bonds is 4. The first-order valence-corrected chi connectivity index (χ1v) is 5.07. The normalized spacial score (nSPS) is 13.6. The van der Waals surface area contributed by atoms with Gasteiger partial charge in [-0.3, -0.25) is 0 Å². The lowest BCUT2D eigenvalue weighted by Gasteiger charge is -2.21. The third-order valence-corrected chi connectivity index (χ3v) is 2.31. The van der Waals surface area contributed by atoms with Crippen molar-refractivity contribution in [1.82, 2.24) is 5.48 Å². The van der Waals surface area contributed by atoms with Crippen molar-refractivity contribution < 1.29 is 19.0 Å². The van der Waals surface area contributed by atoms with E-state index in [9.17, 15) is 0 Å². The Bertz CT molecular complexity index is 350. The highest BCUT2D eigenvalue weighted by Gasteiger charge is 2.18. The third-order valence-electron chi connectivity index (χ3n) is 2.31. The summed E-state index contributed by atoms with van der Waals surface area (Å²) in [5, 5.41) is 0. The molecule has 1 aromatic carbocycles. The number of fused-ring (bicyclic) bond motifs is 1. The first-order valence-electron chi connectivity index (χ1n) is 5.07. The van der Waals surface area contributed by atoms with Gasteiger partial charge in [-0.15, -0.1) is 0 Å². The van der Waals surface area contributed by atoms with E-state index in [2.05, 4.69) is 5.48 Å². The van der Waals surface area contributed by atoms with Crippen molar-refractivity contribution >= 4 is 0 Å². The number of benzene rings is 1. The topological polar surface area (TPSA) is 49.0 Å². The second-order valence-electron chi connectivity index (χ2n) is 3.35. The van der Waals surface area contributed by atoms with Crippen LogP contribution in [0.5, 0.6) is 17.2 Å². The molecule has 1 aromatic rings. The SMILES string of the molecule is CONCc1cc(OC)c2c(c1)OCCO2. The van der Waals surface area contributed by atoms with Gasteiger partial charge in [0.2, 0.25) is 5.75 Å². The van der Waals surface area contributed by atoms with Crippen molar-refractivity contribution in [2.24, 2.45) is 0 Å². The molecular formula is C11H15NO4. The Kier molecular flexibility index (Phi) is 3.48. The number of nitrogens with one attached hydrogen (secondary N) is 1. The number of hydroxylamine groups is 1. The largest absolute Gasteiger partial charge is 0.493 e. The molecule has 5 nitrogen and oxygen atoms in total. The monoisotopic (exact) mass is 225 g/mol. The van der Waals surface area contributed by atoms with Gasteiger partial charge in [-0.05, 0) is 17.7 Å². The Balaban J connectivity index is 2.28. The van der Waals surface area contributed by atoms with Crippen LogP contribution in [0.4, 0.5) is 0 Å². The molecular weight excluding hydrogens is 210 g/mol. The standard InChI is InChI=1S/C11H15NO4/c1-13-9-5-8(7-12-14-2)6-10-11(9)16-4-3-15-10/h5-6,12H,3-4,7H2,1-2H3. The van der Waals surface area contributed by atoms with E-state index in [1.54, 1.807) is 14.2 Å². The van der Waals surface area contributed by atoms with E-state index in [1.807, 2.05) is 12.1 Å². The molecule has 0 atom stereocenters. The number of hydrogen-bond acceptors (Lipinski definition) is 5. The fourth-order valence-electron chi connectivity index (χ4n) is 1.58. The van der Waals surface area contributed by atoms with Crippen LogP contribution in [-0.2, 0) is 11.4 Å². The number of methoxy groups -OCH3 is 1. The molecule has 0 aliphatic carbocycles. The molecule has 0 unspecified atom stereocenters. The van der Waals surface area contributed by atoms with Crippen molar-refractivity contribution in [2.75, 3.05) is 27.4 Å². The summed E-state index contributed by atoms with van der Waals surface area (Å²) in [7, 11) is 3.19. The van der Waals surface area contributed by atoms with Gasteiger partial charge in [0, 0.05) is 6.54 Å². The van der Waals surface area contributed by atoms with Crippen LogP contribution in [0.2, 0.25) is 0 Å². The van der Waals surface area contributed by atoms with Crippen molar-refractivity contribution in [3.63, 3.8) is 0 Å². The van der Waals surface area contributed by atoms with Crippen LogP contribution < -0.4 is 19.7 Å². The van der Waals surface area contributed by atoms with E-state index in [4.69, 9.17) is 19.0 Å². The van der Waals surface area contributed by atoms with Gasteiger partial charge in [0.15, 0.2) is 11.5 Å². The van der Waals surface area contributed by atoms with Gasteiger partial charge in [-0.2, -0.15) is 5.48 Å². The molecule has 1 N–H and O–H groups in total. The molecule has 1 aliphatic heterocycles. The number of hydrogen-bond donors (Lipinski definition) is 1. The maximum atomic E-state index is 5.51. The van der Waals surface area contributed by atoms with Crippen LogP contribution in [0.1, 0.15) is 5.56 Å². The van der Waals surface area contributed by atoms with Crippen LogP contribution >= 0.6 is 0 Å². The lowest BCUT2D eigenvalue weighted by molar-refractivity contribution is 0.0864. The average molecular weight is 225 g/mol. The van der Waals surface area contributed by atoms with Crippen molar-refractivity contribution in [1.29, 1.82) is 0 Å². The predicted octanol–water partition coefficient (Wildman–Crippen LogP) is 1.12. The molecule has 1 aliphatic rings. The van der Waals surface area contributed by atoms with Crippen LogP contribution in [0.3, 0.4) is 0 Å². The molecule has 5 heteroatoms. The molecule has 0 radical (unpaired) electrons. The molecule has 0 amide bonds. The quantitative estimate of drug-likeness (QED) is 0.778. The highest BCUT2D eigenvalue weighted by Crippen LogP contribution is 2.40. The van der Waals surface area contributed by atoms with E-state index in [0.29, 0.717) is 31.3 Å². The molecule has 16 heavy (non-hydrogen) atoms. The van der Waals surface area contributed by atoms with Crippen LogP contribution in [0, 0.1) is 0 Å². The smallest absolute Gasteiger partial charge is 0.203 e. The van der Waals surface area contributed by atoms with Gasteiger partial charge in [0.25, 0.3) is 0 Å². The maximum Gasteiger partial charge on any atom is 0.203 e. The molecule has 0 spiro atoms. The first kappa shape index (κ1) is 11.0. The Morgan fingerprint density at radius 2 is 2.06 bits per heavy atom.